The van der Waals surface area contributed by atoms with E-state index in [9.17, 15) is 0 Å². The summed E-state index contributed by atoms with van der Waals surface area (Å²) < 4.78 is 12.7. The standard InChI is InChI=1S/C22H34O2/c1-17(2)7-5-8-19(4)15(17)6-9-20-14-22(23-10-11-24-22)18(3)12-16(20)21(19,20)13-18/h15-16H,5-14H2,1-4H3/t15-,16?,18-,19-,20+,21-/m0/s1. The summed E-state index contributed by atoms with van der Waals surface area (Å²) in [5.41, 5.74) is 2.55. The maximum Gasteiger partial charge on any atom is 0.174 e. The Hall–Kier alpha value is -0.0800. The van der Waals surface area contributed by atoms with Crippen molar-refractivity contribution < 1.29 is 9.47 Å². The molecule has 1 aliphatic heterocycles. The number of rotatable bonds is 0. The van der Waals surface area contributed by atoms with E-state index < -0.39 is 0 Å². The lowest BCUT2D eigenvalue weighted by atomic mass is 9.42. The first-order valence-corrected chi connectivity index (χ1v) is 10.5. The molecule has 4 bridgehead atoms. The molecule has 0 N–H and O–H groups in total. The van der Waals surface area contributed by atoms with Crippen molar-refractivity contribution in [3.8, 4) is 0 Å². The van der Waals surface area contributed by atoms with Gasteiger partial charge in [-0.3, -0.25) is 0 Å². The molecule has 1 saturated heterocycles. The van der Waals surface area contributed by atoms with Gasteiger partial charge in [0.05, 0.1) is 13.2 Å². The van der Waals surface area contributed by atoms with Crippen LogP contribution in [-0.2, 0) is 9.47 Å². The van der Waals surface area contributed by atoms with Gasteiger partial charge >= 0.3 is 0 Å². The lowest BCUT2D eigenvalue weighted by molar-refractivity contribution is -0.289. The molecule has 6 atom stereocenters. The third kappa shape index (κ3) is 1.21. The Kier molecular flexibility index (Phi) is 2.37. The molecule has 1 heterocycles. The van der Waals surface area contributed by atoms with E-state index in [0.29, 0.717) is 21.7 Å². The molecule has 6 saturated carbocycles. The summed E-state index contributed by atoms with van der Waals surface area (Å²) in [5.74, 6) is 1.67. The number of hydrogen-bond acceptors (Lipinski definition) is 2. The van der Waals surface area contributed by atoms with Gasteiger partial charge in [0.15, 0.2) is 5.79 Å². The molecule has 2 nitrogen and oxygen atoms in total. The van der Waals surface area contributed by atoms with E-state index in [1.165, 1.54) is 51.4 Å². The average Bonchev–Trinajstić information content (AvgIpc) is 2.84. The van der Waals surface area contributed by atoms with Crippen molar-refractivity contribution in [1.82, 2.24) is 0 Å². The monoisotopic (exact) mass is 330 g/mol. The van der Waals surface area contributed by atoms with E-state index in [1.54, 1.807) is 0 Å². The highest BCUT2D eigenvalue weighted by Crippen LogP contribution is 2.97. The molecular formula is C22H34O2. The maximum absolute atomic E-state index is 6.36. The summed E-state index contributed by atoms with van der Waals surface area (Å²) in [6.45, 7) is 12.0. The van der Waals surface area contributed by atoms with E-state index in [4.69, 9.17) is 9.47 Å². The zero-order chi connectivity index (χ0) is 16.6. The Labute approximate surface area is 147 Å². The smallest absolute Gasteiger partial charge is 0.174 e. The SMILES string of the molecule is CC1(C)CCC[C@@]2(C)[C@H]1CC[C@@]13CC4(OCCO4)[C@@]4(C)CC1[C@]32C4. The van der Waals surface area contributed by atoms with Crippen molar-refractivity contribution in [3.63, 3.8) is 0 Å². The van der Waals surface area contributed by atoms with Gasteiger partial charge in [-0.2, -0.15) is 0 Å². The van der Waals surface area contributed by atoms with Crippen molar-refractivity contribution in [3.05, 3.63) is 0 Å². The van der Waals surface area contributed by atoms with Gasteiger partial charge in [0.1, 0.15) is 0 Å². The fraction of sp³-hybridized carbons (Fsp3) is 1.00. The molecule has 134 valence electrons. The van der Waals surface area contributed by atoms with Gasteiger partial charge < -0.3 is 9.47 Å². The van der Waals surface area contributed by atoms with Gasteiger partial charge in [-0.25, -0.2) is 0 Å². The minimum Gasteiger partial charge on any atom is -0.347 e. The highest BCUT2D eigenvalue weighted by Gasteiger charge is 2.93. The Morgan fingerprint density at radius 2 is 1.58 bits per heavy atom. The second-order valence-electron chi connectivity index (χ2n) is 11.6. The van der Waals surface area contributed by atoms with Crippen LogP contribution in [0.1, 0.15) is 79.1 Å². The molecule has 7 aliphatic rings. The molecule has 6 aliphatic carbocycles. The zero-order valence-corrected chi connectivity index (χ0v) is 16.0. The third-order valence-corrected chi connectivity index (χ3v) is 10.7. The quantitative estimate of drug-likeness (QED) is 0.610. The molecule has 0 amide bonds. The summed E-state index contributed by atoms with van der Waals surface area (Å²) in [6.07, 6.45) is 11.2. The van der Waals surface area contributed by atoms with Crippen molar-refractivity contribution in [2.45, 2.75) is 84.8 Å². The predicted molar refractivity (Wildman–Crippen MR) is 93.4 cm³/mol. The lowest BCUT2D eigenvalue weighted by Gasteiger charge is -2.64. The lowest BCUT2D eigenvalue weighted by Crippen LogP contribution is -2.60. The number of fused-ring (bicyclic) bond motifs is 1. The minimum absolute atomic E-state index is 0.225. The van der Waals surface area contributed by atoms with Gasteiger partial charge in [-0.05, 0) is 72.0 Å². The van der Waals surface area contributed by atoms with Crippen LogP contribution in [-0.4, -0.2) is 19.0 Å². The molecule has 3 spiro atoms. The van der Waals surface area contributed by atoms with Crippen molar-refractivity contribution in [1.29, 1.82) is 0 Å². The Balaban J connectivity index is 1.48. The Bertz CT molecular complexity index is 619. The number of hydrogen-bond donors (Lipinski definition) is 0. The summed E-state index contributed by atoms with van der Waals surface area (Å²) >= 11 is 0. The summed E-state index contributed by atoms with van der Waals surface area (Å²) in [5, 5.41) is 0. The van der Waals surface area contributed by atoms with Gasteiger partial charge in [0.2, 0.25) is 0 Å². The van der Waals surface area contributed by atoms with Crippen molar-refractivity contribution in [2.24, 2.45) is 38.9 Å². The third-order valence-electron chi connectivity index (χ3n) is 10.7. The molecule has 0 aromatic rings. The van der Waals surface area contributed by atoms with Crippen LogP contribution in [0.5, 0.6) is 0 Å². The molecule has 2 heteroatoms. The van der Waals surface area contributed by atoms with Crippen LogP contribution < -0.4 is 0 Å². The highest BCUT2D eigenvalue weighted by atomic mass is 16.7. The minimum atomic E-state index is -0.225. The second kappa shape index (κ2) is 3.79. The molecule has 0 aromatic carbocycles. The summed E-state index contributed by atoms with van der Waals surface area (Å²) in [7, 11) is 0. The molecule has 7 fully saturated rings. The van der Waals surface area contributed by atoms with Crippen LogP contribution in [0, 0.1) is 38.9 Å². The molecule has 0 radical (unpaired) electrons. The predicted octanol–water partition coefficient (Wildman–Crippen LogP) is 5.16. The van der Waals surface area contributed by atoms with E-state index in [1.807, 2.05) is 0 Å². The van der Waals surface area contributed by atoms with E-state index >= 15 is 0 Å². The van der Waals surface area contributed by atoms with Crippen LogP contribution in [0.25, 0.3) is 0 Å². The Morgan fingerprint density at radius 3 is 2.33 bits per heavy atom. The first kappa shape index (κ1) is 15.0. The van der Waals surface area contributed by atoms with E-state index in [0.717, 1.165) is 25.0 Å². The van der Waals surface area contributed by atoms with Gasteiger partial charge in [-0.15, -0.1) is 0 Å². The fourth-order valence-electron chi connectivity index (χ4n) is 10.1. The Morgan fingerprint density at radius 1 is 0.833 bits per heavy atom. The molecule has 7 rings (SSSR count). The normalized spacial score (nSPS) is 61.5. The zero-order valence-electron chi connectivity index (χ0n) is 16.0. The molecular weight excluding hydrogens is 296 g/mol. The van der Waals surface area contributed by atoms with Crippen LogP contribution in [0.4, 0.5) is 0 Å². The summed E-state index contributed by atoms with van der Waals surface area (Å²) in [6, 6.07) is 0. The van der Waals surface area contributed by atoms with Crippen LogP contribution >= 0.6 is 0 Å². The maximum atomic E-state index is 6.36. The van der Waals surface area contributed by atoms with Gasteiger partial charge in [-0.1, -0.05) is 34.1 Å². The molecule has 24 heavy (non-hydrogen) atoms. The average molecular weight is 331 g/mol. The first-order valence-electron chi connectivity index (χ1n) is 10.5. The molecule has 0 aromatic heterocycles. The summed E-state index contributed by atoms with van der Waals surface area (Å²) in [4.78, 5) is 0. The second-order valence-corrected chi connectivity index (χ2v) is 11.6. The van der Waals surface area contributed by atoms with Gasteiger partial charge in [0, 0.05) is 11.8 Å². The van der Waals surface area contributed by atoms with Crippen molar-refractivity contribution in [2.75, 3.05) is 13.2 Å². The topological polar surface area (TPSA) is 18.5 Å². The molecule has 1 unspecified atom stereocenters. The van der Waals surface area contributed by atoms with E-state index in [-0.39, 0.29) is 11.2 Å². The van der Waals surface area contributed by atoms with E-state index in [2.05, 4.69) is 27.7 Å². The van der Waals surface area contributed by atoms with Gasteiger partial charge in [0.25, 0.3) is 0 Å². The first-order chi connectivity index (χ1) is 11.3. The van der Waals surface area contributed by atoms with Crippen LogP contribution in [0.2, 0.25) is 0 Å². The van der Waals surface area contributed by atoms with Crippen LogP contribution in [0.15, 0.2) is 0 Å². The number of ether oxygens (including phenoxy) is 2. The largest absolute Gasteiger partial charge is 0.347 e. The van der Waals surface area contributed by atoms with Crippen LogP contribution in [0.3, 0.4) is 0 Å². The highest BCUT2D eigenvalue weighted by molar-refractivity contribution is 5.40. The fourth-order valence-corrected chi connectivity index (χ4v) is 10.1. The van der Waals surface area contributed by atoms with Crippen molar-refractivity contribution >= 4 is 0 Å².